The van der Waals surface area contributed by atoms with Crippen LogP contribution < -0.4 is 5.73 Å². The second-order valence-electron chi connectivity index (χ2n) is 5.60. The molecule has 0 spiro atoms. The van der Waals surface area contributed by atoms with E-state index in [1.807, 2.05) is 11.3 Å². The van der Waals surface area contributed by atoms with E-state index in [-0.39, 0.29) is 6.04 Å². The summed E-state index contributed by atoms with van der Waals surface area (Å²) in [7, 11) is 0. The van der Waals surface area contributed by atoms with Crippen molar-refractivity contribution < 1.29 is 0 Å². The molecule has 1 aromatic heterocycles. The summed E-state index contributed by atoms with van der Waals surface area (Å²) in [4.78, 5) is 4.04. The Bertz CT molecular complexity index is 389. The van der Waals surface area contributed by atoms with Crippen LogP contribution in [0.15, 0.2) is 15.9 Å². The van der Waals surface area contributed by atoms with Crippen LogP contribution in [-0.2, 0) is 0 Å². The number of rotatable bonds is 8. The summed E-state index contributed by atoms with van der Waals surface area (Å²) in [5.41, 5.74) is 6.44. The number of hydrogen-bond donors (Lipinski definition) is 1. The average molecular weight is 345 g/mol. The molecule has 0 bridgehead atoms. The minimum atomic E-state index is 0.232. The van der Waals surface area contributed by atoms with Crippen LogP contribution >= 0.6 is 27.3 Å². The smallest absolute Gasteiger partial charge is 0.0702 e. The van der Waals surface area contributed by atoms with Gasteiger partial charge in [-0.3, -0.25) is 4.90 Å². The highest BCUT2D eigenvalue weighted by Crippen LogP contribution is 2.37. The van der Waals surface area contributed by atoms with Crippen molar-refractivity contribution in [1.82, 2.24) is 4.90 Å². The van der Waals surface area contributed by atoms with Crippen LogP contribution in [0.3, 0.4) is 0 Å². The Hall–Kier alpha value is 0.1000. The number of nitrogens with zero attached hydrogens (tertiary/aromatic N) is 1. The first-order valence-electron chi connectivity index (χ1n) is 7.40. The highest BCUT2D eigenvalue weighted by atomic mass is 79.9. The number of nitrogens with two attached hydrogens (primary N) is 1. The van der Waals surface area contributed by atoms with E-state index in [1.54, 1.807) is 0 Å². The lowest BCUT2D eigenvalue weighted by Crippen LogP contribution is -2.41. The molecule has 1 fully saturated rings. The second-order valence-corrected chi connectivity index (χ2v) is 8.09. The van der Waals surface area contributed by atoms with Gasteiger partial charge >= 0.3 is 0 Å². The molecule has 4 heteroatoms. The maximum atomic E-state index is 6.44. The molecule has 1 aliphatic rings. The molecule has 0 radical (unpaired) electrons. The highest BCUT2D eigenvalue weighted by Gasteiger charge is 2.31. The van der Waals surface area contributed by atoms with Crippen LogP contribution in [0.1, 0.15) is 50.4 Å². The molecule has 2 nitrogen and oxygen atoms in total. The molecule has 1 saturated carbocycles. The third-order valence-electron chi connectivity index (χ3n) is 3.86. The minimum absolute atomic E-state index is 0.232. The van der Waals surface area contributed by atoms with Crippen LogP contribution in [-0.4, -0.2) is 24.0 Å². The number of thiophene rings is 1. The van der Waals surface area contributed by atoms with E-state index in [1.165, 1.54) is 34.5 Å². The molecular formula is C15H25BrN2S. The summed E-state index contributed by atoms with van der Waals surface area (Å²) in [6, 6.07) is 5.01. The van der Waals surface area contributed by atoms with E-state index >= 15 is 0 Å². The van der Waals surface area contributed by atoms with Gasteiger partial charge in [0, 0.05) is 17.5 Å². The molecule has 0 saturated heterocycles. The molecule has 0 aliphatic heterocycles. The maximum Gasteiger partial charge on any atom is 0.0702 e. The standard InChI is InChI=1S/C15H25BrN2S/c1-3-9-18(10-11-5-6-11)15(12(17)4-2)13-7-8-14(16)19-13/h7-8,11-12,15H,3-6,9-10,17H2,1-2H3. The zero-order chi connectivity index (χ0) is 13.8. The topological polar surface area (TPSA) is 29.3 Å². The Morgan fingerprint density at radius 3 is 2.63 bits per heavy atom. The third kappa shape index (κ3) is 4.28. The van der Waals surface area contributed by atoms with Crippen LogP contribution in [0.4, 0.5) is 0 Å². The number of halogens is 1. The summed E-state index contributed by atoms with van der Waals surface area (Å²) < 4.78 is 1.21. The Morgan fingerprint density at radius 2 is 2.16 bits per heavy atom. The van der Waals surface area contributed by atoms with Gasteiger partial charge in [0.2, 0.25) is 0 Å². The zero-order valence-corrected chi connectivity index (χ0v) is 14.3. The van der Waals surface area contributed by atoms with E-state index in [4.69, 9.17) is 5.73 Å². The van der Waals surface area contributed by atoms with Gasteiger partial charge in [0.25, 0.3) is 0 Å². The fourth-order valence-electron chi connectivity index (χ4n) is 2.64. The molecule has 2 unspecified atom stereocenters. The van der Waals surface area contributed by atoms with E-state index < -0.39 is 0 Å². The van der Waals surface area contributed by atoms with Gasteiger partial charge in [0.1, 0.15) is 0 Å². The first-order chi connectivity index (χ1) is 9.15. The summed E-state index contributed by atoms with van der Waals surface area (Å²) in [5.74, 6) is 0.918. The van der Waals surface area contributed by atoms with Crippen molar-refractivity contribution in [2.24, 2.45) is 11.7 Å². The predicted molar refractivity (Wildman–Crippen MR) is 87.6 cm³/mol. The minimum Gasteiger partial charge on any atom is -0.326 e. The van der Waals surface area contributed by atoms with Crippen molar-refractivity contribution in [3.63, 3.8) is 0 Å². The highest BCUT2D eigenvalue weighted by molar-refractivity contribution is 9.11. The Kier molecular flexibility index (Phi) is 5.87. The van der Waals surface area contributed by atoms with Gasteiger partial charge < -0.3 is 5.73 Å². The van der Waals surface area contributed by atoms with Crippen molar-refractivity contribution in [3.8, 4) is 0 Å². The van der Waals surface area contributed by atoms with Gasteiger partial charge in [-0.1, -0.05) is 13.8 Å². The summed E-state index contributed by atoms with van der Waals surface area (Å²) in [6.45, 7) is 6.84. The SMILES string of the molecule is CCCN(CC1CC1)C(c1ccc(Br)s1)C(N)CC. The Morgan fingerprint density at radius 1 is 1.42 bits per heavy atom. The van der Waals surface area contributed by atoms with Crippen molar-refractivity contribution in [2.45, 2.75) is 51.6 Å². The van der Waals surface area contributed by atoms with Crippen LogP contribution in [0.2, 0.25) is 0 Å². The van der Waals surface area contributed by atoms with Gasteiger partial charge in [0.15, 0.2) is 0 Å². The molecule has 1 aromatic rings. The van der Waals surface area contributed by atoms with Gasteiger partial charge in [0.05, 0.1) is 9.83 Å². The summed E-state index contributed by atoms with van der Waals surface area (Å²) in [5, 5.41) is 0. The van der Waals surface area contributed by atoms with Crippen LogP contribution in [0.5, 0.6) is 0 Å². The van der Waals surface area contributed by atoms with Gasteiger partial charge in [-0.15, -0.1) is 11.3 Å². The van der Waals surface area contributed by atoms with E-state index in [0.29, 0.717) is 6.04 Å². The fraction of sp³-hybridized carbons (Fsp3) is 0.733. The van der Waals surface area contributed by atoms with Crippen molar-refractivity contribution in [2.75, 3.05) is 13.1 Å². The molecule has 1 heterocycles. The first-order valence-corrected chi connectivity index (χ1v) is 9.01. The zero-order valence-electron chi connectivity index (χ0n) is 11.9. The molecule has 0 aromatic carbocycles. The predicted octanol–water partition coefficient (Wildman–Crippen LogP) is 4.41. The lowest BCUT2D eigenvalue weighted by molar-refractivity contribution is 0.164. The van der Waals surface area contributed by atoms with Crippen molar-refractivity contribution in [3.05, 3.63) is 20.8 Å². The first kappa shape index (κ1) is 15.5. The summed E-state index contributed by atoms with van der Waals surface area (Å²) >= 11 is 5.42. The lowest BCUT2D eigenvalue weighted by atomic mass is 10.0. The lowest BCUT2D eigenvalue weighted by Gasteiger charge is -2.34. The summed E-state index contributed by atoms with van der Waals surface area (Å²) in [6.07, 6.45) is 5.04. The van der Waals surface area contributed by atoms with Gasteiger partial charge in [-0.2, -0.15) is 0 Å². The van der Waals surface area contributed by atoms with E-state index in [0.717, 1.165) is 18.9 Å². The molecule has 19 heavy (non-hydrogen) atoms. The number of hydrogen-bond acceptors (Lipinski definition) is 3. The molecule has 2 atom stereocenters. The van der Waals surface area contributed by atoms with Gasteiger partial charge in [-0.05, 0) is 66.2 Å². The molecule has 2 rings (SSSR count). The van der Waals surface area contributed by atoms with Crippen molar-refractivity contribution in [1.29, 1.82) is 0 Å². The monoisotopic (exact) mass is 344 g/mol. The molecule has 1 aliphatic carbocycles. The van der Waals surface area contributed by atoms with Crippen LogP contribution in [0.25, 0.3) is 0 Å². The Labute approximate surface area is 129 Å². The average Bonchev–Trinajstić information content (AvgIpc) is 3.11. The molecule has 108 valence electrons. The third-order valence-corrected chi connectivity index (χ3v) is 5.55. The van der Waals surface area contributed by atoms with Crippen molar-refractivity contribution >= 4 is 27.3 Å². The van der Waals surface area contributed by atoms with E-state index in [2.05, 4.69) is 46.8 Å². The fourth-order valence-corrected chi connectivity index (χ4v) is 4.27. The maximum absolute atomic E-state index is 6.44. The Balaban J connectivity index is 2.17. The van der Waals surface area contributed by atoms with E-state index in [9.17, 15) is 0 Å². The molecule has 0 amide bonds. The van der Waals surface area contributed by atoms with Crippen LogP contribution in [0, 0.1) is 5.92 Å². The quantitative estimate of drug-likeness (QED) is 0.756. The molecule has 2 N–H and O–H groups in total. The largest absolute Gasteiger partial charge is 0.326 e. The molecular weight excluding hydrogens is 320 g/mol. The normalized spacial score (nSPS) is 18.8. The second kappa shape index (κ2) is 7.21. The van der Waals surface area contributed by atoms with Gasteiger partial charge in [-0.25, -0.2) is 0 Å².